The van der Waals surface area contributed by atoms with Crippen molar-refractivity contribution in [2.45, 2.75) is 39.4 Å². The first kappa shape index (κ1) is 24.8. The van der Waals surface area contributed by atoms with Crippen molar-refractivity contribution in [3.8, 4) is 11.5 Å². The molecule has 3 heterocycles. The zero-order valence-corrected chi connectivity index (χ0v) is 19.7. The summed E-state index contributed by atoms with van der Waals surface area (Å²) in [6.07, 6.45) is 1.24. The highest BCUT2D eigenvalue weighted by Crippen LogP contribution is 2.26. The molecule has 0 aliphatic rings. The number of carbonyl (C=O) groups excluding carboxylic acids is 2. The number of aromatic nitrogens is 6. The molecule has 0 fully saturated rings. The molecule has 0 saturated carbocycles. The number of ether oxygens (including phenoxy) is 2. The lowest BCUT2D eigenvalue weighted by Gasteiger charge is -2.19. The number of nitrogens with one attached hydrogen (secondary N) is 2. The van der Waals surface area contributed by atoms with E-state index >= 15 is 0 Å². The number of anilines is 2. The van der Waals surface area contributed by atoms with Gasteiger partial charge in [-0.15, -0.1) is 5.10 Å². The van der Waals surface area contributed by atoms with Crippen LogP contribution in [0.1, 0.15) is 39.4 Å². The Morgan fingerprint density at radius 3 is 2.44 bits per heavy atom. The Labute approximate surface area is 198 Å². The van der Waals surface area contributed by atoms with Crippen molar-refractivity contribution in [1.29, 1.82) is 0 Å². The van der Waals surface area contributed by atoms with Crippen LogP contribution in [0.25, 0.3) is 11.5 Å². The molecule has 1 atom stereocenters. The number of pyridine rings is 1. The second-order valence-corrected chi connectivity index (χ2v) is 8.40. The maximum absolute atomic E-state index is 13.5. The summed E-state index contributed by atoms with van der Waals surface area (Å²) >= 11 is 5.96. The van der Waals surface area contributed by atoms with Crippen LogP contribution >= 0.6 is 11.6 Å². The highest BCUT2D eigenvalue weighted by atomic mass is 35.5. The molecule has 180 valence electrons. The average molecular weight is 493 g/mol. The predicted octanol–water partition coefficient (Wildman–Crippen LogP) is 4.12. The lowest BCUT2D eigenvalue weighted by atomic mass is 10.2. The fourth-order valence-corrected chi connectivity index (χ4v) is 2.91. The molecule has 0 bridgehead atoms. The molecule has 2 amide bonds. The normalized spacial score (nSPS) is 12.1. The van der Waals surface area contributed by atoms with Gasteiger partial charge in [0.25, 0.3) is 0 Å². The predicted molar refractivity (Wildman–Crippen MR) is 120 cm³/mol. The first-order valence-electron chi connectivity index (χ1n) is 9.93. The topological polar surface area (TPSA) is 146 Å². The van der Waals surface area contributed by atoms with Crippen molar-refractivity contribution in [3.05, 3.63) is 41.2 Å². The van der Waals surface area contributed by atoms with Crippen LogP contribution in [0, 0.1) is 5.82 Å². The number of amides is 2. The van der Waals surface area contributed by atoms with Crippen molar-refractivity contribution < 1.29 is 23.5 Å². The zero-order valence-electron chi connectivity index (χ0n) is 19.0. The minimum Gasteiger partial charge on any atom is -0.444 e. The van der Waals surface area contributed by atoms with E-state index in [0.717, 1.165) is 12.3 Å². The second kappa shape index (κ2) is 9.95. The van der Waals surface area contributed by atoms with E-state index in [1.54, 1.807) is 27.8 Å². The number of carbonyl (C=O) groups is 2. The van der Waals surface area contributed by atoms with Gasteiger partial charge in [0.15, 0.2) is 17.3 Å². The van der Waals surface area contributed by atoms with Gasteiger partial charge in [0, 0.05) is 12.6 Å². The zero-order chi connectivity index (χ0) is 25.0. The summed E-state index contributed by atoms with van der Waals surface area (Å²) in [5.41, 5.74) is -0.00331. The van der Waals surface area contributed by atoms with Gasteiger partial charge in [-0.05, 0) is 33.8 Å². The molecule has 0 saturated heterocycles. The summed E-state index contributed by atoms with van der Waals surface area (Å²) < 4.78 is 25.2. The van der Waals surface area contributed by atoms with Gasteiger partial charge in [0.1, 0.15) is 22.7 Å². The Bertz CT molecular complexity index is 1200. The summed E-state index contributed by atoms with van der Waals surface area (Å²) in [7, 11) is 1.54. The molecule has 34 heavy (non-hydrogen) atoms. The maximum Gasteiger partial charge on any atom is 0.413 e. The molecular weight excluding hydrogens is 471 g/mol. The Balaban J connectivity index is 1.70. The van der Waals surface area contributed by atoms with E-state index in [2.05, 4.69) is 35.9 Å². The Hall–Kier alpha value is -3.87. The number of hydrogen-bond donors (Lipinski definition) is 2. The molecule has 0 aromatic carbocycles. The highest BCUT2D eigenvalue weighted by Gasteiger charge is 2.22. The molecule has 2 N–H and O–H groups in total. The number of hydrogen-bond acceptors (Lipinski definition) is 9. The minimum absolute atomic E-state index is 0.0121. The van der Waals surface area contributed by atoms with E-state index < -0.39 is 29.7 Å². The molecule has 0 aliphatic heterocycles. The summed E-state index contributed by atoms with van der Waals surface area (Å²) in [6.45, 7) is 6.74. The second-order valence-electron chi connectivity index (χ2n) is 8.04. The van der Waals surface area contributed by atoms with E-state index in [1.807, 2.05) is 0 Å². The summed E-state index contributed by atoms with van der Waals surface area (Å²) in [4.78, 5) is 36.3. The molecule has 3 rings (SSSR count). The largest absolute Gasteiger partial charge is 0.444 e. The van der Waals surface area contributed by atoms with Gasteiger partial charge >= 0.3 is 12.2 Å². The SMILES string of the molecule is C[C@@H](OC(=O)Nc1c(-c2ncc(NC(=O)OC(C)(C)C)cn2)nnn1C)c1cc(F)cnc1Cl. The molecule has 12 nitrogen and oxygen atoms in total. The number of nitrogens with zero attached hydrogens (tertiary/aromatic N) is 6. The Kier molecular flexibility index (Phi) is 7.25. The Morgan fingerprint density at radius 1 is 1.12 bits per heavy atom. The molecule has 0 unspecified atom stereocenters. The molecular formula is C20H22ClFN8O4. The van der Waals surface area contributed by atoms with Crippen LogP contribution in [0.4, 0.5) is 25.5 Å². The molecule has 0 spiro atoms. The van der Waals surface area contributed by atoms with Gasteiger partial charge in [0.05, 0.1) is 24.3 Å². The number of halogens is 2. The first-order chi connectivity index (χ1) is 15.9. The molecule has 3 aromatic heterocycles. The van der Waals surface area contributed by atoms with Gasteiger partial charge in [-0.3, -0.25) is 10.6 Å². The third-order valence-electron chi connectivity index (χ3n) is 4.11. The summed E-state index contributed by atoms with van der Waals surface area (Å²) in [5.74, 6) is -0.341. The standard InChI is InChI=1S/C20H22ClFN8O4/c1-10(13-6-11(22)7-23-15(13)21)33-18(31)27-17-14(28-29-30(17)5)16-24-8-12(9-25-16)26-19(32)34-20(2,3)4/h6-10H,1-5H3,(H,26,32)(H,27,31)/t10-/m1/s1. The van der Waals surface area contributed by atoms with Crippen molar-refractivity contribution in [3.63, 3.8) is 0 Å². The average Bonchev–Trinajstić information content (AvgIpc) is 3.09. The molecule has 0 radical (unpaired) electrons. The van der Waals surface area contributed by atoms with Crippen molar-refractivity contribution in [1.82, 2.24) is 29.9 Å². The van der Waals surface area contributed by atoms with E-state index in [9.17, 15) is 14.0 Å². The number of aryl methyl sites for hydroxylation is 1. The monoisotopic (exact) mass is 492 g/mol. The lowest BCUT2D eigenvalue weighted by molar-refractivity contribution is 0.0635. The number of rotatable bonds is 5. The fourth-order valence-electron chi connectivity index (χ4n) is 2.66. The molecule has 3 aromatic rings. The van der Waals surface area contributed by atoms with Crippen LogP contribution in [0.3, 0.4) is 0 Å². The van der Waals surface area contributed by atoms with Gasteiger partial charge in [-0.1, -0.05) is 16.8 Å². The van der Waals surface area contributed by atoms with E-state index in [4.69, 9.17) is 21.1 Å². The Morgan fingerprint density at radius 2 is 1.79 bits per heavy atom. The molecule has 0 aliphatic carbocycles. The third kappa shape index (κ3) is 6.34. The third-order valence-corrected chi connectivity index (χ3v) is 4.43. The van der Waals surface area contributed by atoms with Crippen molar-refractivity contribution in [2.24, 2.45) is 7.05 Å². The van der Waals surface area contributed by atoms with Gasteiger partial charge in [0.2, 0.25) is 0 Å². The van der Waals surface area contributed by atoms with Gasteiger partial charge in [-0.2, -0.15) is 0 Å². The lowest BCUT2D eigenvalue weighted by Crippen LogP contribution is -2.27. The smallest absolute Gasteiger partial charge is 0.413 e. The van der Waals surface area contributed by atoms with Gasteiger partial charge < -0.3 is 9.47 Å². The van der Waals surface area contributed by atoms with Crippen LogP contribution in [-0.2, 0) is 16.5 Å². The van der Waals surface area contributed by atoms with E-state index in [1.165, 1.54) is 24.0 Å². The van der Waals surface area contributed by atoms with Crippen molar-refractivity contribution >= 4 is 35.3 Å². The van der Waals surface area contributed by atoms with Gasteiger partial charge in [-0.25, -0.2) is 33.6 Å². The fraction of sp³-hybridized carbons (Fsp3) is 0.350. The van der Waals surface area contributed by atoms with E-state index in [0.29, 0.717) is 5.69 Å². The minimum atomic E-state index is -0.894. The van der Waals surface area contributed by atoms with Crippen LogP contribution < -0.4 is 10.6 Å². The van der Waals surface area contributed by atoms with Crippen LogP contribution in [0.5, 0.6) is 0 Å². The van der Waals surface area contributed by atoms with Crippen LogP contribution in [0.15, 0.2) is 24.7 Å². The highest BCUT2D eigenvalue weighted by molar-refractivity contribution is 6.30. The molecule has 14 heteroatoms. The summed E-state index contributed by atoms with van der Waals surface area (Å²) in [5, 5.41) is 12.9. The van der Waals surface area contributed by atoms with Crippen LogP contribution in [0.2, 0.25) is 5.15 Å². The first-order valence-corrected chi connectivity index (χ1v) is 10.3. The van der Waals surface area contributed by atoms with Crippen LogP contribution in [-0.4, -0.2) is 47.7 Å². The van der Waals surface area contributed by atoms with E-state index in [-0.39, 0.29) is 28.1 Å². The summed E-state index contributed by atoms with van der Waals surface area (Å²) in [6, 6.07) is 1.13. The quantitative estimate of drug-likeness (QED) is 0.502. The maximum atomic E-state index is 13.5. The van der Waals surface area contributed by atoms with Crippen molar-refractivity contribution in [2.75, 3.05) is 10.6 Å².